The lowest BCUT2D eigenvalue weighted by Gasteiger charge is -2.35. The molecular weight excluding hydrogens is 398 g/mol. The molecule has 0 spiro atoms. The van der Waals surface area contributed by atoms with E-state index in [4.69, 9.17) is 16.3 Å². The zero-order valence-electron chi connectivity index (χ0n) is 17.5. The second-order valence-electron chi connectivity index (χ2n) is 8.04. The molecule has 0 saturated heterocycles. The molecule has 1 aromatic carbocycles. The van der Waals surface area contributed by atoms with Gasteiger partial charge in [0, 0.05) is 0 Å². The van der Waals surface area contributed by atoms with Crippen molar-refractivity contribution in [2.75, 3.05) is 7.11 Å². The standard InChI is InChI=1S/C19H31BClN2O6/c1-11(2)8-16(19(25)23-17(9-12(3)4)20(26,27)28)22-18(24)14-7-6-13(29-5)10-15(14)21/h6-7,10-12,16-17,26-28H,8-9H2,1-5H3,(H,22,24)(H,23,25)/q-1/t16-,17-/m0/s1. The third kappa shape index (κ3) is 8.22. The molecule has 0 unspecified atom stereocenters. The number of methoxy groups -OCH3 is 1. The monoisotopic (exact) mass is 429 g/mol. The molecule has 0 fully saturated rings. The first-order valence-electron chi connectivity index (χ1n) is 9.61. The van der Waals surface area contributed by atoms with Crippen LogP contribution in [0.4, 0.5) is 0 Å². The number of halogens is 1. The van der Waals surface area contributed by atoms with Crippen LogP contribution >= 0.6 is 11.6 Å². The van der Waals surface area contributed by atoms with E-state index in [2.05, 4.69) is 10.6 Å². The molecule has 0 heterocycles. The number of nitrogens with one attached hydrogen (secondary N) is 2. The van der Waals surface area contributed by atoms with Gasteiger partial charge in [-0.2, -0.15) is 0 Å². The predicted octanol–water partition coefficient (Wildman–Crippen LogP) is 1.48. The number of hydrogen-bond acceptors (Lipinski definition) is 6. The summed E-state index contributed by atoms with van der Waals surface area (Å²) in [6, 6.07) is 3.61. The Morgan fingerprint density at radius 3 is 2.10 bits per heavy atom. The van der Waals surface area contributed by atoms with Crippen LogP contribution < -0.4 is 15.4 Å². The van der Waals surface area contributed by atoms with Gasteiger partial charge in [0.25, 0.3) is 5.91 Å². The Labute approximate surface area is 176 Å². The predicted molar refractivity (Wildman–Crippen MR) is 113 cm³/mol. The third-order valence-electron chi connectivity index (χ3n) is 4.34. The molecule has 0 radical (unpaired) electrons. The molecule has 0 aliphatic heterocycles. The molecule has 8 nitrogen and oxygen atoms in total. The highest BCUT2D eigenvalue weighted by molar-refractivity contribution is 6.58. The molecule has 164 valence electrons. The topological polar surface area (TPSA) is 128 Å². The smallest absolute Gasteiger partial charge is 0.393 e. The van der Waals surface area contributed by atoms with Crippen molar-refractivity contribution >= 4 is 30.2 Å². The van der Waals surface area contributed by atoms with Crippen molar-refractivity contribution < 1.29 is 29.4 Å². The van der Waals surface area contributed by atoms with Crippen molar-refractivity contribution in [2.24, 2.45) is 11.8 Å². The highest BCUT2D eigenvalue weighted by Gasteiger charge is 2.33. The number of amides is 2. The molecule has 0 aliphatic rings. The first kappa shape index (κ1) is 25.2. The van der Waals surface area contributed by atoms with Crippen molar-refractivity contribution in [1.82, 2.24) is 10.6 Å². The minimum atomic E-state index is -3.76. The summed E-state index contributed by atoms with van der Waals surface area (Å²) >= 11 is 6.14. The second-order valence-corrected chi connectivity index (χ2v) is 8.45. The zero-order valence-corrected chi connectivity index (χ0v) is 18.2. The van der Waals surface area contributed by atoms with E-state index in [0.29, 0.717) is 12.2 Å². The van der Waals surface area contributed by atoms with E-state index < -0.39 is 30.6 Å². The van der Waals surface area contributed by atoms with E-state index in [9.17, 15) is 24.7 Å². The molecule has 1 rings (SSSR count). The summed E-state index contributed by atoms with van der Waals surface area (Å²) in [4.78, 5) is 25.4. The van der Waals surface area contributed by atoms with Crippen molar-refractivity contribution in [3.8, 4) is 5.75 Å². The minimum absolute atomic E-state index is 0.00996. The average molecular weight is 430 g/mol. The fraction of sp³-hybridized carbons (Fsp3) is 0.579. The van der Waals surface area contributed by atoms with Crippen LogP contribution in [-0.4, -0.2) is 52.7 Å². The van der Waals surface area contributed by atoms with Gasteiger partial charge in [0.05, 0.1) is 17.7 Å². The minimum Gasteiger partial charge on any atom is -0.558 e. The molecular formula is C19H31BClN2O6-. The Morgan fingerprint density at radius 2 is 1.66 bits per heavy atom. The summed E-state index contributed by atoms with van der Waals surface area (Å²) in [5.41, 5.74) is 0.179. The number of carbonyl (C=O) groups is 2. The van der Waals surface area contributed by atoms with Gasteiger partial charge in [0.2, 0.25) is 5.91 Å². The maximum atomic E-state index is 12.8. The average Bonchev–Trinajstić information content (AvgIpc) is 2.58. The quantitative estimate of drug-likeness (QED) is 0.358. The van der Waals surface area contributed by atoms with E-state index in [1.54, 1.807) is 6.07 Å². The van der Waals surface area contributed by atoms with Gasteiger partial charge in [0.15, 0.2) is 0 Å². The van der Waals surface area contributed by atoms with Gasteiger partial charge in [-0.05, 0) is 42.4 Å². The van der Waals surface area contributed by atoms with Crippen LogP contribution in [0.25, 0.3) is 0 Å². The van der Waals surface area contributed by atoms with Crippen molar-refractivity contribution in [1.29, 1.82) is 0 Å². The molecule has 1 aromatic rings. The summed E-state index contributed by atoms with van der Waals surface area (Å²) in [5, 5.41) is 34.1. The molecule has 2 amide bonds. The fourth-order valence-corrected chi connectivity index (χ4v) is 3.15. The maximum absolute atomic E-state index is 12.8. The van der Waals surface area contributed by atoms with E-state index in [-0.39, 0.29) is 28.8 Å². The van der Waals surface area contributed by atoms with E-state index in [1.165, 1.54) is 19.2 Å². The van der Waals surface area contributed by atoms with Gasteiger partial charge in [-0.15, -0.1) is 0 Å². The number of benzene rings is 1. The fourth-order valence-electron chi connectivity index (χ4n) is 2.89. The van der Waals surface area contributed by atoms with Crippen LogP contribution in [-0.2, 0) is 4.79 Å². The summed E-state index contributed by atoms with van der Waals surface area (Å²) < 4.78 is 5.06. The lowest BCUT2D eigenvalue weighted by atomic mass is 9.66. The van der Waals surface area contributed by atoms with Gasteiger partial charge in [-0.25, -0.2) is 0 Å². The van der Waals surface area contributed by atoms with Crippen molar-refractivity contribution in [2.45, 2.75) is 52.5 Å². The number of carbonyl (C=O) groups excluding carboxylic acids is 2. The molecule has 0 saturated carbocycles. The molecule has 2 atom stereocenters. The molecule has 10 heteroatoms. The number of ether oxygens (including phenoxy) is 1. The molecule has 0 aromatic heterocycles. The van der Waals surface area contributed by atoms with Gasteiger partial charge >= 0.3 is 6.75 Å². The Balaban J connectivity index is 3.01. The van der Waals surface area contributed by atoms with Gasteiger partial charge in [0.1, 0.15) is 11.8 Å². The largest absolute Gasteiger partial charge is 0.558 e. The Kier molecular flexibility index (Phi) is 9.42. The first-order chi connectivity index (χ1) is 13.3. The highest BCUT2D eigenvalue weighted by Crippen LogP contribution is 2.22. The molecule has 5 N–H and O–H groups in total. The van der Waals surface area contributed by atoms with E-state index in [0.717, 1.165) is 0 Å². The Morgan fingerprint density at radius 1 is 1.07 bits per heavy atom. The Bertz CT molecular complexity index is 708. The van der Waals surface area contributed by atoms with Gasteiger partial charge in [-0.1, -0.05) is 45.7 Å². The van der Waals surface area contributed by atoms with Gasteiger partial charge in [-0.3, -0.25) is 9.59 Å². The second kappa shape index (κ2) is 10.8. The van der Waals surface area contributed by atoms with Crippen LogP contribution in [0, 0.1) is 11.8 Å². The normalized spacial score (nSPS) is 13.9. The first-order valence-corrected chi connectivity index (χ1v) is 9.99. The van der Waals surface area contributed by atoms with Crippen LogP contribution in [0.5, 0.6) is 5.75 Å². The van der Waals surface area contributed by atoms with Crippen molar-refractivity contribution in [3.05, 3.63) is 28.8 Å². The third-order valence-corrected chi connectivity index (χ3v) is 4.66. The van der Waals surface area contributed by atoms with Crippen LogP contribution in [0.3, 0.4) is 0 Å². The summed E-state index contributed by atoms with van der Waals surface area (Å²) in [6.07, 6.45) is 0.462. The number of rotatable bonds is 10. The molecule has 0 bridgehead atoms. The summed E-state index contributed by atoms with van der Waals surface area (Å²) in [7, 11) is 1.48. The summed E-state index contributed by atoms with van der Waals surface area (Å²) in [5.74, 6) is -1.87. The van der Waals surface area contributed by atoms with Crippen molar-refractivity contribution in [3.63, 3.8) is 0 Å². The SMILES string of the molecule is COc1ccc(C(=O)N[C@@H](CC(C)C)C(=O)N[C@@H](CC(C)C)[B-](O)(O)O)c(Cl)c1. The number of hydrogen-bond donors (Lipinski definition) is 5. The molecule has 29 heavy (non-hydrogen) atoms. The van der Waals surface area contributed by atoms with Crippen LogP contribution in [0.2, 0.25) is 5.02 Å². The lowest BCUT2D eigenvalue weighted by Crippen LogP contribution is -2.61. The molecule has 0 aliphatic carbocycles. The zero-order chi connectivity index (χ0) is 22.4. The lowest BCUT2D eigenvalue weighted by molar-refractivity contribution is -0.124. The van der Waals surface area contributed by atoms with Crippen LogP contribution in [0.1, 0.15) is 50.9 Å². The van der Waals surface area contributed by atoms with E-state index in [1.807, 2.05) is 27.7 Å². The maximum Gasteiger partial charge on any atom is 0.393 e. The van der Waals surface area contributed by atoms with Gasteiger partial charge < -0.3 is 30.4 Å². The Hall–Kier alpha value is -1.81. The van der Waals surface area contributed by atoms with Crippen LogP contribution in [0.15, 0.2) is 18.2 Å². The summed E-state index contributed by atoms with van der Waals surface area (Å²) in [6.45, 7) is 3.65. The highest BCUT2D eigenvalue weighted by atomic mass is 35.5. The van der Waals surface area contributed by atoms with E-state index >= 15 is 0 Å².